The van der Waals surface area contributed by atoms with Crippen LogP contribution >= 0.6 is 15.9 Å². The zero-order valence-electron chi connectivity index (χ0n) is 11.9. The number of methoxy groups -OCH3 is 1. The summed E-state index contributed by atoms with van der Waals surface area (Å²) >= 11 is 3.34. The second kappa shape index (κ2) is 6.07. The van der Waals surface area contributed by atoms with E-state index in [-0.39, 0.29) is 10.6 Å². The van der Waals surface area contributed by atoms with Crippen molar-refractivity contribution in [2.45, 2.75) is 18.7 Å². The van der Waals surface area contributed by atoms with Crippen molar-refractivity contribution in [2.24, 2.45) is 0 Å². The molecule has 0 aliphatic carbocycles. The Morgan fingerprint density at radius 1 is 1.00 bits per heavy atom. The molecule has 0 bridgehead atoms. The van der Waals surface area contributed by atoms with Crippen molar-refractivity contribution < 1.29 is 17.3 Å². The normalized spacial score (nSPS) is 11.2. The summed E-state index contributed by atoms with van der Waals surface area (Å²) in [4.78, 5) is 0.103. The number of hydrogen-bond acceptors (Lipinski definition) is 4. The Labute approximate surface area is 133 Å². The zero-order chi connectivity index (χ0) is 15.6. The van der Waals surface area contributed by atoms with Gasteiger partial charge in [-0.3, -0.25) is 0 Å². The number of ether oxygens (including phenoxy) is 1. The monoisotopic (exact) mass is 370 g/mol. The fourth-order valence-electron chi connectivity index (χ4n) is 1.78. The molecule has 0 saturated heterocycles. The summed E-state index contributed by atoms with van der Waals surface area (Å²) < 4.78 is 35.8. The molecule has 21 heavy (non-hydrogen) atoms. The van der Waals surface area contributed by atoms with E-state index in [1.807, 2.05) is 13.8 Å². The zero-order valence-corrected chi connectivity index (χ0v) is 14.3. The van der Waals surface area contributed by atoms with Crippen LogP contribution in [0, 0.1) is 13.8 Å². The second-order valence-corrected chi connectivity index (χ2v) is 7.00. The lowest BCUT2D eigenvalue weighted by Gasteiger charge is -2.12. The molecule has 4 nitrogen and oxygen atoms in total. The highest BCUT2D eigenvalue weighted by Crippen LogP contribution is 2.31. The molecule has 2 aromatic carbocycles. The molecule has 0 saturated carbocycles. The van der Waals surface area contributed by atoms with Crippen LogP contribution in [-0.4, -0.2) is 15.5 Å². The molecule has 2 aromatic rings. The number of aryl methyl sites for hydroxylation is 2. The minimum atomic E-state index is -3.90. The van der Waals surface area contributed by atoms with E-state index in [0.717, 1.165) is 15.6 Å². The minimum Gasteiger partial charge on any atom is -0.493 e. The number of benzene rings is 2. The molecule has 0 N–H and O–H groups in total. The Morgan fingerprint density at radius 3 is 2.33 bits per heavy atom. The van der Waals surface area contributed by atoms with E-state index in [4.69, 9.17) is 8.92 Å². The third-order valence-corrected chi connectivity index (χ3v) is 5.06. The Morgan fingerprint density at radius 2 is 1.71 bits per heavy atom. The highest BCUT2D eigenvalue weighted by molar-refractivity contribution is 9.10. The van der Waals surface area contributed by atoms with Crippen molar-refractivity contribution in [3.05, 3.63) is 52.0 Å². The van der Waals surface area contributed by atoms with Gasteiger partial charge in [0.15, 0.2) is 11.5 Å². The molecule has 0 aromatic heterocycles. The fourth-order valence-corrected chi connectivity index (χ4v) is 3.06. The smallest absolute Gasteiger partial charge is 0.339 e. The summed E-state index contributed by atoms with van der Waals surface area (Å²) in [5.74, 6) is 0.552. The van der Waals surface area contributed by atoms with Crippen LogP contribution < -0.4 is 8.92 Å². The van der Waals surface area contributed by atoms with Gasteiger partial charge in [0.2, 0.25) is 0 Å². The van der Waals surface area contributed by atoms with Gasteiger partial charge in [-0.25, -0.2) is 0 Å². The van der Waals surface area contributed by atoms with E-state index in [0.29, 0.717) is 5.75 Å². The van der Waals surface area contributed by atoms with Gasteiger partial charge in [0.1, 0.15) is 4.90 Å². The van der Waals surface area contributed by atoms with Gasteiger partial charge < -0.3 is 8.92 Å². The van der Waals surface area contributed by atoms with E-state index in [9.17, 15) is 8.42 Å². The van der Waals surface area contributed by atoms with Crippen molar-refractivity contribution in [1.82, 2.24) is 0 Å². The van der Waals surface area contributed by atoms with Crippen LogP contribution in [0.1, 0.15) is 11.1 Å². The SMILES string of the molecule is COc1cc(C)ccc1OS(=O)(=O)c1ccc(Br)c(C)c1. The molecule has 0 aliphatic rings. The highest BCUT2D eigenvalue weighted by atomic mass is 79.9. The Bertz CT molecular complexity index is 769. The summed E-state index contributed by atoms with van der Waals surface area (Å²) in [6.45, 7) is 3.70. The largest absolute Gasteiger partial charge is 0.493 e. The molecule has 0 heterocycles. The summed E-state index contributed by atoms with van der Waals surface area (Å²) in [5, 5.41) is 0. The molecular formula is C15H15BrO4S. The van der Waals surface area contributed by atoms with Crippen LogP contribution in [0.3, 0.4) is 0 Å². The molecule has 0 unspecified atom stereocenters. The van der Waals surface area contributed by atoms with Crippen molar-refractivity contribution in [3.63, 3.8) is 0 Å². The maximum atomic E-state index is 12.3. The van der Waals surface area contributed by atoms with E-state index in [1.165, 1.54) is 13.2 Å². The molecule has 0 radical (unpaired) electrons. The van der Waals surface area contributed by atoms with Gasteiger partial charge in [-0.2, -0.15) is 8.42 Å². The van der Waals surface area contributed by atoms with Gasteiger partial charge in [0, 0.05) is 4.47 Å². The van der Waals surface area contributed by atoms with Gasteiger partial charge in [-0.05, 0) is 55.3 Å². The van der Waals surface area contributed by atoms with Crippen molar-refractivity contribution in [3.8, 4) is 11.5 Å². The fraction of sp³-hybridized carbons (Fsp3) is 0.200. The lowest BCUT2D eigenvalue weighted by Crippen LogP contribution is -2.10. The average Bonchev–Trinajstić information content (AvgIpc) is 2.43. The summed E-state index contributed by atoms with van der Waals surface area (Å²) in [5.41, 5.74) is 1.77. The van der Waals surface area contributed by atoms with Crippen LogP contribution in [0.25, 0.3) is 0 Å². The first-order valence-electron chi connectivity index (χ1n) is 6.19. The third kappa shape index (κ3) is 3.57. The van der Waals surface area contributed by atoms with E-state index in [2.05, 4.69) is 15.9 Å². The highest BCUT2D eigenvalue weighted by Gasteiger charge is 2.19. The van der Waals surface area contributed by atoms with E-state index in [1.54, 1.807) is 30.3 Å². The van der Waals surface area contributed by atoms with Gasteiger partial charge in [-0.15, -0.1) is 0 Å². The van der Waals surface area contributed by atoms with Crippen LogP contribution in [0.4, 0.5) is 0 Å². The van der Waals surface area contributed by atoms with Crippen LogP contribution in [0.15, 0.2) is 45.8 Å². The van der Waals surface area contributed by atoms with Gasteiger partial charge in [0.25, 0.3) is 0 Å². The van der Waals surface area contributed by atoms with Crippen LogP contribution in [0.5, 0.6) is 11.5 Å². The molecule has 0 spiro atoms. The van der Waals surface area contributed by atoms with Gasteiger partial charge in [-0.1, -0.05) is 22.0 Å². The summed E-state index contributed by atoms with van der Waals surface area (Å²) in [6.07, 6.45) is 0. The molecule has 6 heteroatoms. The maximum Gasteiger partial charge on any atom is 0.339 e. The van der Waals surface area contributed by atoms with Crippen LogP contribution in [-0.2, 0) is 10.1 Å². The first-order valence-corrected chi connectivity index (χ1v) is 8.39. The third-order valence-electron chi connectivity index (χ3n) is 2.94. The van der Waals surface area contributed by atoms with E-state index < -0.39 is 10.1 Å². The van der Waals surface area contributed by atoms with Crippen molar-refractivity contribution in [2.75, 3.05) is 7.11 Å². The molecule has 112 valence electrons. The summed E-state index contributed by atoms with van der Waals surface area (Å²) in [6, 6.07) is 9.79. The average molecular weight is 371 g/mol. The Kier molecular flexibility index (Phi) is 4.58. The van der Waals surface area contributed by atoms with Crippen LogP contribution in [0.2, 0.25) is 0 Å². The predicted molar refractivity (Wildman–Crippen MR) is 84.4 cm³/mol. The van der Waals surface area contributed by atoms with Gasteiger partial charge >= 0.3 is 10.1 Å². The molecule has 0 atom stereocenters. The first-order chi connectivity index (χ1) is 9.83. The lowest BCUT2D eigenvalue weighted by atomic mass is 10.2. The molecule has 0 aliphatic heterocycles. The minimum absolute atomic E-state index is 0.103. The number of rotatable bonds is 4. The second-order valence-electron chi connectivity index (χ2n) is 4.60. The topological polar surface area (TPSA) is 52.6 Å². The molecule has 2 rings (SSSR count). The number of halogens is 1. The summed E-state index contributed by atoms with van der Waals surface area (Å²) in [7, 11) is -2.43. The Balaban J connectivity index is 2.39. The van der Waals surface area contributed by atoms with Crippen molar-refractivity contribution in [1.29, 1.82) is 0 Å². The molecule has 0 fully saturated rings. The van der Waals surface area contributed by atoms with Gasteiger partial charge in [0.05, 0.1) is 7.11 Å². The maximum absolute atomic E-state index is 12.3. The van der Waals surface area contributed by atoms with Crippen molar-refractivity contribution >= 4 is 26.0 Å². The Hall–Kier alpha value is -1.53. The quantitative estimate of drug-likeness (QED) is 0.767. The predicted octanol–water partition coefficient (Wildman–Crippen LogP) is 3.84. The number of hydrogen-bond donors (Lipinski definition) is 0. The molecule has 0 amide bonds. The molecular weight excluding hydrogens is 356 g/mol. The lowest BCUT2D eigenvalue weighted by molar-refractivity contribution is 0.390. The van der Waals surface area contributed by atoms with E-state index >= 15 is 0 Å². The standard InChI is InChI=1S/C15H15BrO4S/c1-10-4-7-14(15(8-10)19-3)20-21(17,18)12-5-6-13(16)11(2)9-12/h4-9H,1-3H3. The first kappa shape index (κ1) is 15.9.